The van der Waals surface area contributed by atoms with Gasteiger partial charge in [0.05, 0.1) is 13.2 Å². The number of amides is 1. The molecule has 1 heterocycles. The number of rotatable bonds is 6. The molecule has 6 heteroatoms. The zero-order valence-corrected chi connectivity index (χ0v) is 15.5. The van der Waals surface area contributed by atoms with Crippen LogP contribution in [0.4, 0.5) is 11.4 Å². The summed E-state index contributed by atoms with van der Waals surface area (Å²) >= 11 is 5.88. The molecule has 1 saturated heterocycles. The van der Waals surface area contributed by atoms with Crippen molar-refractivity contribution in [3.05, 3.63) is 53.6 Å². The monoisotopic (exact) mass is 374 g/mol. The summed E-state index contributed by atoms with van der Waals surface area (Å²) in [6.07, 6.45) is 0.00967. The van der Waals surface area contributed by atoms with Crippen LogP contribution in [0.2, 0.25) is 5.02 Å². The van der Waals surface area contributed by atoms with Gasteiger partial charge in [0.25, 0.3) is 5.91 Å². The van der Waals surface area contributed by atoms with Crippen LogP contribution < -0.4 is 15.0 Å². The number of halogens is 1. The topological polar surface area (TPSA) is 50.8 Å². The van der Waals surface area contributed by atoms with Crippen LogP contribution in [-0.2, 0) is 9.53 Å². The molecule has 0 radical (unpaired) electrons. The Morgan fingerprint density at radius 1 is 1.15 bits per heavy atom. The summed E-state index contributed by atoms with van der Waals surface area (Å²) in [4.78, 5) is 14.8. The third-order valence-electron chi connectivity index (χ3n) is 4.27. The second-order valence-corrected chi connectivity index (χ2v) is 6.54. The Labute approximate surface area is 158 Å². The first-order valence-electron chi connectivity index (χ1n) is 8.81. The molecule has 5 nitrogen and oxygen atoms in total. The van der Waals surface area contributed by atoms with Gasteiger partial charge in [-0.3, -0.25) is 4.79 Å². The van der Waals surface area contributed by atoms with E-state index < -0.39 is 6.10 Å². The van der Waals surface area contributed by atoms with Crippen LogP contribution in [0.15, 0.2) is 48.5 Å². The Bertz CT molecular complexity index is 713. The molecule has 0 bridgehead atoms. The molecule has 2 aromatic carbocycles. The summed E-state index contributed by atoms with van der Waals surface area (Å²) < 4.78 is 11.2. The molecule has 26 heavy (non-hydrogen) atoms. The fourth-order valence-corrected chi connectivity index (χ4v) is 2.93. The van der Waals surface area contributed by atoms with Crippen molar-refractivity contribution in [1.29, 1.82) is 0 Å². The molecule has 0 aliphatic carbocycles. The Hall–Kier alpha value is -2.24. The van der Waals surface area contributed by atoms with Crippen molar-refractivity contribution < 1.29 is 14.3 Å². The third kappa shape index (κ3) is 4.90. The molecule has 1 amide bonds. The molecule has 138 valence electrons. The van der Waals surface area contributed by atoms with E-state index in [1.165, 1.54) is 0 Å². The Morgan fingerprint density at radius 2 is 1.81 bits per heavy atom. The van der Waals surface area contributed by atoms with Crippen molar-refractivity contribution >= 4 is 28.9 Å². The van der Waals surface area contributed by atoms with Crippen molar-refractivity contribution in [2.45, 2.75) is 19.4 Å². The maximum atomic E-state index is 12.5. The number of carbonyl (C=O) groups is 1. The molecule has 0 aromatic heterocycles. The van der Waals surface area contributed by atoms with Crippen LogP contribution in [-0.4, -0.2) is 38.3 Å². The highest BCUT2D eigenvalue weighted by Gasteiger charge is 2.19. The number of benzene rings is 2. The summed E-state index contributed by atoms with van der Waals surface area (Å²) in [6, 6.07) is 14.9. The van der Waals surface area contributed by atoms with Gasteiger partial charge in [0, 0.05) is 29.5 Å². The van der Waals surface area contributed by atoms with Gasteiger partial charge in [-0.1, -0.05) is 18.5 Å². The van der Waals surface area contributed by atoms with Gasteiger partial charge in [0.1, 0.15) is 5.75 Å². The normalized spacial score (nSPS) is 15.4. The van der Waals surface area contributed by atoms with Crippen LogP contribution in [0, 0.1) is 0 Å². The Balaban J connectivity index is 1.59. The molecular formula is C20H23ClN2O3. The van der Waals surface area contributed by atoms with Gasteiger partial charge in [0.15, 0.2) is 6.10 Å². The Morgan fingerprint density at radius 3 is 2.42 bits per heavy atom. The quantitative estimate of drug-likeness (QED) is 0.831. The number of carbonyl (C=O) groups excluding carboxylic acids is 1. The molecule has 3 rings (SSSR count). The van der Waals surface area contributed by atoms with Gasteiger partial charge >= 0.3 is 0 Å². The van der Waals surface area contributed by atoms with Crippen LogP contribution in [0.5, 0.6) is 5.75 Å². The first-order valence-corrected chi connectivity index (χ1v) is 9.19. The number of nitrogens with one attached hydrogen (secondary N) is 1. The molecule has 1 N–H and O–H groups in total. The lowest BCUT2D eigenvalue weighted by Gasteiger charge is -2.29. The molecule has 0 saturated carbocycles. The van der Waals surface area contributed by atoms with E-state index in [1.54, 1.807) is 24.3 Å². The Kier molecular flexibility index (Phi) is 6.36. The summed E-state index contributed by atoms with van der Waals surface area (Å²) in [5.74, 6) is 0.459. The number of hydrogen-bond acceptors (Lipinski definition) is 4. The lowest BCUT2D eigenvalue weighted by molar-refractivity contribution is -0.122. The SMILES string of the molecule is CCC(Oc1ccc(Cl)cc1)C(=O)Nc1ccc(N2CCOCC2)cc1. The standard InChI is InChI=1S/C20H23ClN2O3/c1-2-19(26-18-9-3-15(21)4-10-18)20(24)22-16-5-7-17(8-6-16)23-11-13-25-14-12-23/h3-10,19H,2,11-14H2,1H3,(H,22,24). The molecular weight excluding hydrogens is 352 g/mol. The first kappa shape index (κ1) is 18.5. The summed E-state index contributed by atoms with van der Waals surface area (Å²) in [6.45, 7) is 5.19. The van der Waals surface area contributed by atoms with Gasteiger partial charge in [-0.2, -0.15) is 0 Å². The van der Waals surface area contributed by atoms with E-state index in [1.807, 2.05) is 31.2 Å². The van der Waals surface area contributed by atoms with Crippen molar-refractivity contribution in [2.24, 2.45) is 0 Å². The van der Waals surface area contributed by atoms with Crippen LogP contribution >= 0.6 is 11.6 Å². The minimum absolute atomic E-state index is 0.165. The predicted octanol–water partition coefficient (Wildman–Crippen LogP) is 3.97. The zero-order valence-electron chi connectivity index (χ0n) is 14.8. The number of anilines is 2. The van der Waals surface area contributed by atoms with E-state index in [0.29, 0.717) is 17.2 Å². The number of morpholine rings is 1. The highest BCUT2D eigenvalue weighted by Crippen LogP contribution is 2.21. The fourth-order valence-electron chi connectivity index (χ4n) is 2.80. The molecule has 1 unspecified atom stereocenters. The fraction of sp³-hybridized carbons (Fsp3) is 0.350. The molecule has 1 fully saturated rings. The first-order chi connectivity index (χ1) is 12.7. The zero-order chi connectivity index (χ0) is 18.4. The van der Waals surface area contributed by atoms with E-state index in [-0.39, 0.29) is 5.91 Å². The smallest absolute Gasteiger partial charge is 0.265 e. The summed E-state index contributed by atoms with van der Waals surface area (Å²) in [7, 11) is 0. The largest absolute Gasteiger partial charge is 0.481 e. The number of nitrogens with zero attached hydrogens (tertiary/aromatic N) is 1. The molecule has 1 aliphatic rings. The van der Waals surface area contributed by atoms with E-state index in [0.717, 1.165) is 37.7 Å². The van der Waals surface area contributed by atoms with Gasteiger partial charge in [-0.15, -0.1) is 0 Å². The van der Waals surface area contributed by atoms with E-state index in [2.05, 4.69) is 10.2 Å². The van der Waals surface area contributed by atoms with E-state index in [9.17, 15) is 4.79 Å². The van der Waals surface area contributed by atoms with E-state index >= 15 is 0 Å². The second-order valence-electron chi connectivity index (χ2n) is 6.10. The number of hydrogen-bond donors (Lipinski definition) is 1. The van der Waals surface area contributed by atoms with Crippen LogP contribution in [0.1, 0.15) is 13.3 Å². The lowest BCUT2D eigenvalue weighted by atomic mass is 10.2. The second kappa shape index (κ2) is 8.92. The van der Waals surface area contributed by atoms with E-state index in [4.69, 9.17) is 21.1 Å². The van der Waals surface area contributed by atoms with Gasteiger partial charge in [-0.05, 0) is 55.0 Å². The summed E-state index contributed by atoms with van der Waals surface area (Å²) in [5.41, 5.74) is 1.89. The van der Waals surface area contributed by atoms with Crippen LogP contribution in [0.25, 0.3) is 0 Å². The highest BCUT2D eigenvalue weighted by molar-refractivity contribution is 6.30. The average molecular weight is 375 g/mol. The van der Waals surface area contributed by atoms with Gasteiger partial charge in [0.2, 0.25) is 0 Å². The highest BCUT2D eigenvalue weighted by atomic mass is 35.5. The maximum absolute atomic E-state index is 12.5. The molecule has 1 atom stereocenters. The third-order valence-corrected chi connectivity index (χ3v) is 4.52. The lowest BCUT2D eigenvalue weighted by Crippen LogP contribution is -2.36. The minimum Gasteiger partial charge on any atom is -0.481 e. The molecule has 1 aliphatic heterocycles. The number of ether oxygens (including phenoxy) is 2. The molecule has 0 spiro atoms. The van der Waals surface area contributed by atoms with Crippen molar-refractivity contribution in [3.8, 4) is 5.75 Å². The van der Waals surface area contributed by atoms with Gasteiger partial charge < -0.3 is 19.7 Å². The van der Waals surface area contributed by atoms with Crippen molar-refractivity contribution in [2.75, 3.05) is 36.5 Å². The predicted molar refractivity (Wildman–Crippen MR) is 104 cm³/mol. The summed E-state index contributed by atoms with van der Waals surface area (Å²) in [5, 5.41) is 3.56. The van der Waals surface area contributed by atoms with Crippen molar-refractivity contribution in [3.63, 3.8) is 0 Å². The maximum Gasteiger partial charge on any atom is 0.265 e. The minimum atomic E-state index is -0.560. The van der Waals surface area contributed by atoms with Crippen molar-refractivity contribution in [1.82, 2.24) is 0 Å². The van der Waals surface area contributed by atoms with Gasteiger partial charge in [-0.25, -0.2) is 0 Å². The molecule has 2 aromatic rings. The van der Waals surface area contributed by atoms with Crippen LogP contribution in [0.3, 0.4) is 0 Å². The average Bonchev–Trinajstić information content (AvgIpc) is 2.68.